The van der Waals surface area contributed by atoms with Gasteiger partial charge in [0.1, 0.15) is 5.75 Å². The Balaban J connectivity index is 2.36. The van der Waals surface area contributed by atoms with Crippen molar-refractivity contribution in [3.8, 4) is 5.75 Å². The van der Waals surface area contributed by atoms with Crippen LogP contribution in [0.4, 0.5) is 0 Å². The first-order valence-electron chi connectivity index (χ1n) is 6.77. The summed E-state index contributed by atoms with van der Waals surface area (Å²) in [6.45, 7) is 0.267. The second-order valence-electron chi connectivity index (χ2n) is 4.97. The lowest BCUT2D eigenvalue weighted by atomic mass is 9.77. The highest BCUT2D eigenvalue weighted by Gasteiger charge is 2.44. The number of rotatable bonds is 5. The summed E-state index contributed by atoms with van der Waals surface area (Å²) < 4.78 is 5.41. The smallest absolute Gasteiger partial charge is 0.230 e. The number of amides is 1. The number of hydrogen-bond acceptors (Lipinski definition) is 3. The molecule has 0 bridgehead atoms. The van der Waals surface area contributed by atoms with Crippen molar-refractivity contribution in [3.63, 3.8) is 0 Å². The van der Waals surface area contributed by atoms with Gasteiger partial charge in [0, 0.05) is 12.1 Å². The molecule has 0 radical (unpaired) electrons. The molecule has 0 aliphatic heterocycles. The van der Waals surface area contributed by atoms with Crippen LogP contribution in [0.1, 0.15) is 31.2 Å². The summed E-state index contributed by atoms with van der Waals surface area (Å²) in [5.41, 5.74) is 0.465. The number of benzene rings is 1. The maximum absolute atomic E-state index is 12.5. The highest BCUT2D eigenvalue weighted by atomic mass is 16.5. The number of ether oxygens (including phenoxy) is 1. The average Bonchev–Trinajstić information content (AvgIpc) is 2.95. The van der Waals surface area contributed by atoms with Crippen LogP contribution in [0.25, 0.3) is 0 Å². The van der Waals surface area contributed by atoms with E-state index in [-0.39, 0.29) is 12.5 Å². The SMILES string of the molecule is COc1ccccc1C1(C(=O)NCCO)CCCC1. The number of aliphatic hydroxyl groups excluding tert-OH is 1. The van der Waals surface area contributed by atoms with Gasteiger partial charge in [0.25, 0.3) is 0 Å². The molecule has 104 valence electrons. The van der Waals surface area contributed by atoms with E-state index in [9.17, 15) is 4.79 Å². The Hall–Kier alpha value is -1.55. The molecule has 1 saturated carbocycles. The standard InChI is InChI=1S/C15H21NO3/c1-19-13-7-3-2-6-12(13)15(8-4-5-9-15)14(18)16-10-11-17/h2-3,6-7,17H,4-5,8-11H2,1H3,(H,16,18). The summed E-state index contributed by atoms with van der Waals surface area (Å²) in [6, 6.07) is 7.73. The van der Waals surface area contributed by atoms with Crippen molar-refractivity contribution in [2.45, 2.75) is 31.1 Å². The molecule has 4 nitrogen and oxygen atoms in total. The third-order valence-corrected chi connectivity index (χ3v) is 3.91. The summed E-state index contributed by atoms with van der Waals surface area (Å²) in [6.07, 6.45) is 3.77. The highest BCUT2D eigenvalue weighted by Crippen LogP contribution is 2.44. The van der Waals surface area contributed by atoms with Crippen LogP contribution in [0.5, 0.6) is 5.75 Å². The van der Waals surface area contributed by atoms with Gasteiger partial charge >= 0.3 is 0 Å². The lowest BCUT2D eigenvalue weighted by Crippen LogP contribution is -2.43. The van der Waals surface area contributed by atoms with E-state index in [2.05, 4.69) is 5.32 Å². The Morgan fingerprint density at radius 2 is 2.05 bits per heavy atom. The molecule has 0 spiro atoms. The number of carbonyl (C=O) groups is 1. The molecular formula is C15H21NO3. The second kappa shape index (κ2) is 6.06. The van der Waals surface area contributed by atoms with Gasteiger partial charge in [0.05, 0.1) is 19.1 Å². The monoisotopic (exact) mass is 263 g/mol. The normalized spacial score (nSPS) is 17.2. The third kappa shape index (κ3) is 2.59. The van der Waals surface area contributed by atoms with E-state index >= 15 is 0 Å². The van der Waals surface area contributed by atoms with Crippen LogP contribution in [0.2, 0.25) is 0 Å². The molecule has 1 aliphatic rings. The van der Waals surface area contributed by atoms with Crippen LogP contribution in [-0.2, 0) is 10.2 Å². The molecule has 2 rings (SSSR count). The number of nitrogens with one attached hydrogen (secondary N) is 1. The van der Waals surface area contributed by atoms with Gasteiger partial charge in [-0.2, -0.15) is 0 Å². The molecule has 2 N–H and O–H groups in total. The second-order valence-corrected chi connectivity index (χ2v) is 4.97. The molecule has 1 aliphatic carbocycles. The Morgan fingerprint density at radius 3 is 2.68 bits per heavy atom. The summed E-state index contributed by atoms with van der Waals surface area (Å²) in [7, 11) is 1.63. The van der Waals surface area contributed by atoms with Crippen LogP contribution in [0.3, 0.4) is 0 Å². The minimum absolute atomic E-state index is 0.00329. The molecule has 19 heavy (non-hydrogen) atoms. The maximum atomic E-state index is 12.5. The van der Waals surface area contributed by atoms with Gasteiger partial charge < -0.3 is 15.2 Å². The minimum atomic E-state index is -0.498. The fraction of sp³-hybridized carbons (Fsp3) is 0.533. The van der Waals surface area contributed by atoms with E-state index in [0.717, 1.165) is 37.0 Å². The molecule has 1 amide bonds. The van der Waals surface area contributed by atoms with Crippen LogP contribution < -0.4 is 10.1 Å². The number of aliphatic hydroxyl groups is 1. The molecule has 0 aromatic heterocycles. The Morgan fingerprint density at radius 1 is 1.37 bits per heavy atom. The van der Waals surface area contributed by atoms with Crippen molar-refractivity contribution in [2.24, 2.45) is 0 Å². The van der Waals surface area contributed by atoms with Gasteiger partial charge in [-0.1, -0.05) is 31.0 Å². The van der Waals surface area contributed by atoms with Gasteiger partial charge in [-0.3, -0.25) is 4.79 Å². The molecule has 0 atom stereocenters. The Kier molecular flexibility index (Phi) is 4.43. The number of methoxy groups -OCH3 is 1. The van der Waals surface area contributed by atoms with Crippen LogP contribution in [0, 0.1) is 0 Å². The predicted molar refractivity (Wildman–Crippen MR) is 73.2 cm³/mol. The lowest BCUT2D eigenvalue weighted by molar-refractivity contribution is -0.126. The Bertz CT molecular complexity index is 439. The molecule has 1 fully saturated rings. The minimum Gasteiger partial charge on any atom is -0.496 e. The summed E-state index contributed by atoms with van der Waals surface area (Å²) in [5, 5.41) is 11.7. The van der Waals surface area contributed by atoms with Crippen LogP contribution in [0.15, 0.2) is 24.3 Å². The lowest BCUT2D eigenvalue weighted by Gasteiger charge is -2.29. The summed E-state index contributed by atoms with van der Waals surface area (Å²) in [5.74, 6) is 0.770. The van der Waals surface area contributed by atoms with E-state index in [1.807, 2.05) is 24.3 Å². The van der Waals surface area contributed by atoms with Crippen molar-refractivity contribution in [3.05, 3.63) is 29.8 Å². The summed E-state index contributed by atoms with van der Waals surface area (Å²) >= 11 is 0. The van der Waals surface area contributed by atoms with Gasteiger partial charge in [-0.25, -0.2) is 0 Å². The van der Waals surface area contributed by atoms with Crippen LogP contribution in [-0.4, -0.2) is 31.3 Å². The zero-order valence-corrected chi connectivity index (χ0v) is 11.3. The largest absolute Gasteiger partial charge is 0.496 e. The van der Waals surface area contributed by atoms with E-state index in [1.54, 1.807) is 7.11 Å². The van der Waals surface area contributed by atoms with Crippen molar-refractivity contribution >= 4 is 5.91 Å². The molecule has 0 unspecified atom stereocenters. The average molecular weight is 263 g/mol. The van der Waals surface area contributed by atoms with Crippen molar-refractivity contribution in [2.75, 3.05) is 20.3 Å². The number of carbonyl (C=O) groups excluding carboxylic acids is 1. The molecule has 0 saturated heterocycles. The van der Waals surface area contributed by atoms with Crippen LogP contribution >= 0.6 is 0 Å². The van der Waals surface area contributed by atoms with Crippen molar-refractivity contribution in [1.82, 2.24) is 5.32 Å². The number of hydrogen-bond donors (Lipinski definition) is 2. The molecule has 0 heterocycles. The first kappa shape index (κ1) is 13.9. The van der Waals surface area contributed by atoms with Gasteiger partial charge in [-0.15, -0.1) is 0 Å². The third-order valence-electron chi connectivity index (χ3n) is 3.91. The molecular weight excluding hydrogens is 242 g/mol. The van der Waals surface area contributed by atoms with E-state index in [4.69, 9.17) is 9.84 Å². The molecule has 1 aromatic rings. The van der Waals surface area contributed by atoms with E-state index in [0.29, 0.717) is 6.54 Å². The fourth-order valence-electron chi connectivity index (χ4n) is 2.98. The zero-order chi connectivity index (χ0) is 13.7. The fourth-order valence-corrected chi connectivity index (χ4v) is 2.98. The topological polar surface area (TPSA) is 58.6 Å². The molecule has 1 aromatic carbocycles. The zero-order valence-electron chi connectivity index (χ0n) is 11.3. The maximum Gasteiger partial charge on any atom is 0.230 e. The van der Waals surface area contributed by atoms with Crippen molar-refractivity contribution < 1.29 is 14.6 Å². The van der Waals surface area contributed by atoms with Crippen molar-refractivity contribution in [1.29, 1.82) is 0 Å². The van der Waals surface area contributed by atoms with E-state index in [1.165, 1.54) is 0 Å². The first-order chi connectivity index (χ1) is 9.24. The molecule has 4 heteroatoms. The number of para-hydroxylation sites is 1. The van der Waals surface area contributed by atoms with E-state index < -0.39 is 5.41 Å². The summed E-state index contributed by atoms with van der Waals surface area (Å²) in [4.78, 5) is 12.5. The van der Waals surface area contributed by atoms with Gasteiger partial charge in [0.15, 0.2) is 0 Å². The predicted octanol–water partition coefficient (Wildman–Crippen LogP) is 1.62. The van der Waals surface area contributed by atoms with Gasteiger partial charge in [-0.05, 0) is 18.9 Å². The highest BCUT2D eigenvalue weighted by molar-refractivity contribution is 5.89. The quantitative estimate of drug-likeness (QED) is 0.848. The first-order valence-corrected chi connectivity index (χ1v) is 6.77. The van der Waals surface area contributed by atoms with Gasteiger partial charge in [0.2, 0.25) is 5.91 Å². The Labute approximate surface area is 113 Å².